The lowest BCUT2D eigenvalue weighted by atomic mass is 10.1. The van der Waals surface area contributed by atoms with Crippen molar-refractivity contribution >= 4 is 28.9 Å². The maximum Gasteiger partial charge on any atom is 0.312 e. The van der Waals surface area contributed by atoms with Gasteiger partial charge < -0.3 is 5.32 Å². The molecule has 0 saturated heterocycles. The summed E-state index contributed by atoms with van der Waals surface area (Å²) >= 11 is 5.18. The first kappa shape index (κ1) is 22.9. The van der Waals surface area contributed by atoms with E-state index >= 15 is 0 Å². The van der Waals surface area contributed by atoms with Crippen molar-refractivity contribution in [3.8, 4) is 0 Å². The number of hydrogen-bond donors (Lipinski definition) is 3. The number of aromatic nitrogens is 2. The van der Waals surface area contributed by atoms with E-state index in [4.69, 9.17) is 12.2 Å². The molecule has 0 spiro atoms. The average Bonchev–Trinajstić information content (AvgIpc) is 3.06. The molecular weight excluding hydrogens is 428 g/mol. The normalized spacial score (nSPS) is 10.4. The highest BCUT2D eigenvalue weighted by molar-refractivity contribution is 7.80. The monoisotopic (exact) mass is 452 g/mol. The van der Waals surface area contributed by atoms with Gasteiger partial charge in [0.1, 0.15) is 11.4 Å². The van der Waals surface area contributed by atoms with Crippen LogP contribution in [0.2, 0.25) is 0 Å². The molecule has 0 fully saturated rings. The number of carbonyl (C=O) groups is 1. The number of benzene rings is 2. The first-order valence-electron chi connectivity index (χ1n) is 10.0. The van der Waals surface area contributed by atoms with E-state index in [1.54, 1.807) is 42.8 Å². The Labute approximate surface area is 191 Å². The van der Waals surface area contributed by atoms with Crippen molar-refractivity contribution in [1.29, 1.82) is 0 Å². The largest absolute Gasteiger partial charge is 0.361 e. The Morgan fingerprint density at radius 1 is 1.06 bits per heavy atom. The lowest BCUT2D eigenvalue weighted by Crippen LogP contribution is -2.47. The molecule has 166 valence electrons. The van der Waals surface area contributed by atoms with Crippen LogP contribution in [-0.4, -0.2) is 32.3 Å². The standard InChI is InChI=1S/C22H24N6O3S/c1-15-20(28(30)31)16(2)27(26-15)14-18-8-10-19(11-9-18)21(29)24-25-22(32)23-13-12-17-6-4-3-5-7-17/h3-11H,12-14H2,1-2H3,(H,24,29)(H2,23,25,32). The molecule has 1 aromatic heterocycles. The van der Waals surface area contributed by atoms with Crippen LogP contribution in [0.25, 0.3) is 0 Å². The summed E-state index contributed by atoms with van der Waals surface area (Å²) in [5.74, 6) is -0.328. The zero-order chi connectivity index (χ0) is 23.1. The first-order valence-corrected chi connectivity index (χ1v) is 10.4. The van der Waals surface area contributed by atoms with E-state index in [1.807, 2.05) is 30.3 Å². The van der Waals surface area contributed by atoms with Gasteiger partial charge in [0.15, 0.2) is 5.11 Å². The minimum Gasteiger partial charge on any atom is -0.361 e. The molecule has 0 atom stereocenters. The molecule has 3 N–H and O–H groups in total. The predicted molar refractivity (Wildman–Crippen MR) is 125 cm³/mol. The molecule has 2 aromatic carbocycles. The first-order chi connectivity index (χ1) is 15.3. The number of nitrogens with one attached hydrogen (secondary N) is 3. The van der Waals surface area contributed by atoms with Crippen LogP contribution in [0.5, 0.6) is 0 Å². The minimum absolute atomic E-state index is 0.0282. The van der Waals surface area contributed by atoms with Gasteiger partial charge in [-0.2, -0.15) is 5.10 Å². The van der Waals surface area contributed by atoms with Crippen molar-refractivity contribution in [3.63, 3.8) is 0 Å². The minimum atomic E-state index is -0.421. The number of amides is 1. The second-order valence-electron chi connectivity index (χ2n) is 7.20. The summed E-state index contributed by atoms with van der Waals surface area (Å²) in [4.78, 5) is 23.1. The molecule has 0 saturated carbocycles. The Morgan fingerprint density at radius 3 is 2.38 bits per heavy atom. The second-order valence-corrected chi connectivity index (χ2v) is 7.61. The number of hydrogen-bond acceptors (Lipinski definition) is 5. The number of nitrogens with zero attached hydrogens (tertiary/aromatic N) is 3. The van der Waals surface area contributed by atoms with Crippen molar-refractivity contribution < 1.29 is 9.72 Å². The summed E-state index contributed by atoms with van der Waals surface area (Å²) in [5, 5.41) is 18.8. The summed E-state index contributed by atoms with van der Waals surface area (Å²) in [5.41, 5.74) is 8.67. The molecule has 0 radical (unpaired) electrons. The number of nitro groups is 1. The number of thiocarbonyl (C=S) groups is 1. The fraction of sp³-hybridized carbons (Fsp3) is 0.227. The van der Waals surface area contributed by atoms with E-state index in [0.717, 1.165) is 12.0 Å². The van der Waals surface area contributed by atoms with Crippen molar-refractivity contribution in [2.75, 3.05) is 6.54 Å². The third-order valence-corrected chi connectivity index (χ3v) is 5.15. The average molecular weight is 453 g/mol. The maximum atomic E-state index is 12.3. The quantitative estimate of drug-likeness (QED) is 0.287. The number of hydrazine groups is 1. The third kappa shape index (κ3) is 5.88. The van der Waals surface area contributed by atoms with E-state index in [9.17, 15) is 14.9 Å². The molecule has 1 amide bonds. The SMILES string of the molecule is Cc1nn(Cc2ccc(C(=O)NNC(=S)NCCc3ccccc3)cc2)c(C)c1[N+](=O)[O-]. The molecule has 1 heterocycles. The Kier molecular flexibility index (Phi) is 7.50. The van der Waals surface area contributed by atoms with Crippen LogP contribution < -0.4 is 16.2 Å². The van der Waals surface area contributed by atoms with Gasteiger partial charge in [-0.15, -0.1) is 0 Å². The van der Waals surface area contributed by atoms with Crippen LogP contribution in [-0.2, 0) is 13.0 Å². The van der Waals surface area contributed by atoms with Gasteiger partial charge in [0.05, 0.1) is 11.5 Å². The van der Waals surface area contributed by atoms with E-state index in [1.165, 1.54) is 5.56 Å². The highest BCUT2D eigenvalue weighted by Crippen LogP contribution is 2.22. The number of carbonyl (C=O) groups excluding carboxylic acids is 1. The lowest BCUT2D eigenvalue weighted by molar-refractivity contribution is -0.386. The second kappa shape index (κ2) is 10.5. The van der Waals surface area contributed by atoms with Gasteiger partial charge in [0.25, 0.3) is 5.91 Å². The smallest absolute Gasteiger partial charge is 0.312 e. The molecule has 3 rings (SSSR count). The number of rotatable bonds is 7. The highest BCUT2D eigenvalue weighted by atomic mass is 32.1. The molecular formula is C22H24N6O3S. The summed E-state index contributed by atoms with van der Waals surface area (Å²) in [7, 11) is 0. The molecule has 0 bridgehead atoms. The van der Waals surface area contributed by atoms with Crippen molar-refractivity contribution in [2.24, 2.45) is 0 Å². The fourth-order valence-corrected chi connectivity index (χ4v) is 3.39. The molecule has 32 heavy (non-hydrogen) atoms. The molecule has 10 heteroatoms. The lowest BCUT2D eigenvalue weighted by Gasteiger charge is -2.12. The van der Waals surface area contributed by atoms with Gasteiger partial charge in [-0.1, -0.05) is 42.5 Å². The van der Waals surface area contributed by atoms with Crippen molar-refractivity contribution in [3.05, 3.63) is 92.8 Å². The Hall–Kier alpha value is -3.79. The Morgan fingerprint density at radius 2 is 1.75 bits per heavy atom. The van der Waals surface area contributed by atoms with Crippen LogP contribution in [0.15, 0.2) is 54.6 Å². The zero-order valence-electron chi connectivity index (χ0n) is 17.8. The molecule has 0 aliphatic rings. The summed E-state index contributed by atoms with van der Waals surface area (Å²) in [6, 6.07) is 16.9. The Bertz CT molecular complexity index is 1110. The van der Waals surface area contributed by atoms with Crippen LogP contribution in [0.3, 0.4) is 0 Å². The van der Waals surface area contributed by atoms with E-state index in [0.29, 0.717) is 35.2 Å². The zero-order valence-corrected chi connectivity index (χ0v) is 18.6. The van der Waals surface area contributed by atoms with Crippen molar-refractivity contribution in [2.45, 2.75) is 26.8 Å². The maximum absolute atomic E-state index is 12.3. The topological polar surface area (TPSA) is 114 Å². The van der Waals surface area contributed by atoms with Gasteiger partial charge >= 0.3 is 5.69 Å². The molecule has 0 aliphatic heterocycles. The van der Waals surface area contributed by atoms with E-state index < -0.39 is 4.92 Å². The van der Waals surface area contributed by atoms with E-state index in [-0.39, 0.29) is 11.6 Å². The van der Waals surface area contributed by atoms with E-state index in [2.05, 4.69) is 21.3 Å². The van der Waals surface area contributed by atoms with Crippen molar-refractivity contribution in [1.82, 2.24) is 25.9 Å². The van der Waals surface area contributed by atoms with Crippen LogP contribution in [0.1, 0.15) is 32.9 Å². The Balaban J connectivity index is 1.48. The van der Waals surface area contributed by atoms with Crippen LogP contribution in [0.4, 0.5) is 5.69 Å². The van der Waals surface area contributed by atoms with Gasteiger partial charge in [-0.05, 0) is 55.7 Å². The summed E-state index contributed by atoms with van der Waals surface area (Å²) in [6.07, 6.45) is 0.816. The van der Waals surface area contributed by atoms with Crippen LogP contribution >= 0.6 is 12.2 Å². The van der Waals surface area contributed by atoms with Crippen LogP contribution in [0, 0.1) is 24.0 Å². The third-order valence-electron chi connectivity index (χ3n) is 4.91. The highest BCUT2D eigenvalue weighted by Gasteiger charge is 2.21. The molecule has 0 aliphatic carbocycles. The molecule has 9 nitrogen and oxygen atoms in total. The molecule has 3 aromatic rings. The van der Waals surface area contributed by atoms with Gasteiger partial charge in [-0.25, -0.2) is 0 Å². The van der Waals surface area contributed by atoms with Gasteiger partial charge in [0, 0.05) is 12.1 Å². The number of aryl methyl sites for hydroxylation is 1. The summed E-state index contributed by atoms with van der Waals surface area (Å²) < 4.78 is 1.59. The van der Waals surface area contributed by atoms with Gasteiger partial charge in [-0.3, -0.25) is 30.4 Å². The predicted octanol–water partition coefficient (Wildman–Crippen LogP) is 2.81. The summed E-state index contributed by atoms with van der Waals surface area (Å²) in [6.45, 7) is 4.30. The van der Waals surface area contributed by atoms with Gasteiger partial charge in [0.2, 0.25) is 0 Å². The molecule has 0 unspecified atom stereocenters. The fourth-order valence-electron chi connectivity index (χ4n) is 3.24.